The lowest BCUT2D eigenvalue weighted by Gasteiger charge is -2.19. The van der Waals surface area contributed by atoms with Crippen LogP contribution in [0.3, 0.4) is 0 Å². The van der Waals surface area contributed by atoms with Gasteiger partial charge in [-0.1, -0.05) is 44.2 Å². The van der Waals surface area contributed by atoms with E-state index in [4.69, 9.17) is 0 Å². The molecular formula is C18H25ClN2OS. The van der Waals surface area contributed by atoms with E-state index in [1.165, 1.54) is 5.56 Å². The molecule has 1 unspecified atom stereocenters. The van der Waals surface area contributed by atoms with Gasteiger partial charge < -0.3 is 10.6 Å². The second kappa shape index (κ2) is 9.71. The molecule has 1 heterocycles. The molecule has 0 spiro atoms. The average Bonchev–Trinajstić information content (AvgIpc) is 3.05. The van der Waals surface area contributed by atoms with Crippen LogP contribution in [0.2, 0.25) is 0 Å². The van der Waals surface area contributed by atoms with E-state index in [2.05, 4.69) is 54.8 Å². The van der Waals surface area contributed by atoms with Crippen molar-refractivity contribution in [1.29, 1.82) is 0 Å². The summed E-state index contributed by atoms with van der Waals surface area (Å²) in [6.45, 7) is 5.06. The molecule has 0 radical (unpaired) electrons. The number of rotatable bonds is 7. The zero-order chi connectivity index (χ0) is 15.9. The maximum Gasteiger partial charge on any atom is 0.222 e. The van der Waals surface area contributed by atoms with Gasteiger partial charge in [-0.15, -0.1) is 23.7 Å². The van der Waals surface area contributed by atoms with Gasteiger partial charge >= 0.3 is 0 Å². The molecule has 2 rings (SSSR count). The van der Waals surface area contributed by atoms with Crippen LogP contribution < -0.4 is 10.6 Å². The average molecular weight is 353 g/mol. The van der Waals surface area contributed by atoms with Gasteiger partial charge in [-0.25, -0.2) is 0 Å². The molecule has 0 bridgehead atoms. The van der Waals surface area contributed by atoms with Crippen LogP contribution in [0.1, 0.15) is 48.2 Å². The van der Waals surface area contributed by atoms with E-state index in [1.54, 1.807) is 11.3 Å². The van der Waals surface area contributed by atoms with E-state index in [0.29, 0.717) is 18.9 Å². The Morgan fingerprint density at radius 3 is 2.30 bits per heavy atom. The fourth-order valence-corrected chi connectivity index (χ4v) is 3.12. The van der Waals surface area contributed by atoms with Gasteiger partial charge in [0.2, 0.25) is 5.91 Å². The molecule has 1 amide bonds. The van der Waals surface area contributed by atoms with Gasteiger partial charge in [-0.3, -0.25) is 4.79 Å². The van der Waals surface area contributed by atoms with Crippen molar-refractivity contribution in [1.82, 2.24) is 10.6 Å². The zero-order valence-corrected chi connectivity index (χ0v) is 15.5. The number of hydrogen-bond acceptors (Lipinski definition) is 3. The van der Waals surface area contributed by atoms with E-state index in [1.807, 2.05) is 18.5 Å². The molecule has 0 saturated carbocycles. The van der Waals surface area contributed by atoms with Crippen LogP contribution in [-0.4, -0.2) is 19.5 Å². The van der Waals surface area contributed by atoms with Crippen molar-refractivity contribution in [3.05, 3.63) is 57.8 Å². The molecule has 5 heteroatoms. The van der Waals surface area contributed by atoms with Crippen LogP contribution in [0.4, 0.5) is 0 Å². The molecule has 0 aliphatic carbocycles. The molecule has 1 aromatic carbocycles. The highest BCUT2D eigenvalue weighted by Gasteiger charge is 2.17. The zero-order valence-electron chi connectivity index (χ0n) is 13.8. The van der Waals surface area contributed by atoms with E-state index in [-0.39, 0.29) is 24.4 Å². The Morgan fingerprint density at radius 2 is 1.78 bits per heavy atom. The van der Waals surface area contributed by atoms with Crippen LogP contribution in [-0.2, 0) is 4.79 Å². The number of benzene rings is 1. The highest BCUT2D eigenvalue weighted by atomic mass is 35.5. The molecule has 0 aliphatic heterocycles. The summed E-state index contributed by atoms with van der Waals surface area (Å²) >= 11 is 1.67. The van der Waals surface area contributed by atoms with Crippen molar-refractivity contribution >= 4 is 29.7 Å². The monoisotopic (exact) mass is 352 g/mol. The van der Waals surface area contributed by atoms with Gasteiger partial charge in [0.05, 0.1) is 6.04 Å². The molecule has 1 atom stereocenters. The minimum absolute atomic E-state index is 0. The Morgan fingerprint density at radius 1 is 1.13 bits per heavy atom. The first-order valence-electron chi connectivity index (χ1n) is 7.69. The third-order valence-corrected chi connectivity index (χ3v) is 4.61. The third-order valence-electron chi connectivity index (χ3n) is 3.67. The maximum atomic E-state index is 12.1. The highest BCUT2D eigenvalue weighted by Crippen LogP contribution is 2.27. The Labute approximate surface area is 148 Å². The molecule has 2 N–H and O–H groups in total. The van der Waals surface area contributed by atoms with Crippen LogP contribution in [0.25, 0.3) is 0 Å². The van der Waals surface area contributed by atoms with Crippen LogP contribution in [0.15, 0.2) is 41.8 Å². The number of hydrogen-bond donors (Lipinski definition) is 2. The Kier molecular flexibility index (Phi) is 8.31. The first kappa shape index (κ1) is 19.7. The van der Waals surface area contributed by atoms with Crippen molar-refractivity contribution in [2.75, 3.05) is 13.6 Å². The quantitative estimate of drug-likeness (QED) is 0.787. The van der Waals surface area contributed by atoms with Gasteiger partial charge in [0.25, 0.3) is 0 Å². The van der Waals surface area contributed by atoms with E-state index < -0.39 is 0 Å². The predicted octanol–water partition coefficient (Wildman–Crippen LogP) is 4.11. The van der Waals surface area contributed by atoms with Crippen LogP contribution in [0.5, 0.6) is 0 Å². The first-order valence-corrected chi connectivity index (χ1v) is 8.57. The second-order valence-electron chi connectivity index (χ2n) is 5.69. The van der Waals surface area contributed by atoms with E-state index in [0.717, 1.165) is 10.4 Å². The van der Waals surface area contributed by atoms with Crippen LogP contribution >= 0.6 is 23.7 Å². The van der Waals surface area contributed by atoms with Gasteiger partial charge in [0, 0.05) is 17.8 Å². The molecule has 23 heavy (non-hydrogen) atoms. The van der Waals surface area contributed by atoms with Crippen molar-refractivity contribution in [2.45, 2.75) is 32.2 Å². The minimum Gasteiger partial charge on any atom is -0.344 e. The molecule has 1 aromatic heterocycles. The summed E-state index contributed by atoms with van der Waals surface area (Å²) in [5.74, 6) is 0.583. The molecule has 2 aromatic rings. The van der Waals surface area contributed by atoms with E-state index in [9.17, 15) is 4.79 Å². The number of carbonyl (C=O) groups excluding carboxylic acids is 1. The van der Waals surface area contributed by atoms with Crippen molar-refractivity contribution < 1.29 is 4.79 Å². The summed E-state index contributed by atoms with van der Waals surface area (Å²) in [7, 11) is 1.86. The molecule has 0 aliphatic rings. The SMILES string of the molecule is CNCCC(=O)NC(c1ccc(C(C)C)cc1)c1cccs1.Cl. The summed E-state index contributed by atoms with van der Waals surface area (Å²) < 4.78 is 0. The predicted molar refractivity (Wildman–Crippen MR) is 101 cm³/mol. The number of amides is 1. The second-order valence-corrected chi connectivity index (χ2v) is 6.67. The Hall–Kier alpha value is -1.36. The highest BCUT2D eigenvalue weighted by molar-refractivity contribution is 7.10. The Balaban J connectivity index is 0.00000264. The summed E-state index contributed by atoms with van der Waals surface area (Å²) in [5.41, 5.74) is 2.44. The van der Waals surface area contributed by atoms with Gasteiger partial charge in [0.15, 0.2) is 0 Å². The standard InChI is InChI=1S/C18H24N2OS.ClH/c1-13(2)14-6-8-15(9-7-14)18(16-5-4-12-22-16)20-17(21)10-11-19-3;/h4-9,12-13,18-19H,10-11H2,1-3H3,(H,20,21);1H. The van der Waals surface area contributed by atoms with E-state index >= 15 is 0 Å². The lowest BCUT2D eigenvalue weighted by molar-refractivity contribution is -0.121. The number of carbonyl (C=O) groups is 1. The molecule has 126 valence electrons. The third kappa shape index (κ3) is 5.65. The van der Waals surface area contributed by atoms with Gasteiger partial charge in [0.1, 0.15) is 0 Å². The van der Waals surface area contributed by atoms with Crippen LogP contribution in [0, 0.1) is 0 Å². The molecule has 0 fully saturated rings. The van der Waals surface area contributed by atoms with Crippen molar-refractivity contribution in [3.8, 4) is 0 Å². The summed E-state index contributed by atoms with van der Waals surface area (Å²) in [6.07, 6.45) is 0.489. The number of halogens is 1. The summed E-state index contributed by atoms with van der Waals surface area (Å²) in [4.78, 5) is 13.3. The number of thiophene rings is 1. The topological polar surface area (TPSA) is 41.1 Å². The van der Waals surface area contributed by atoms with Gasteiger partial charge in [-0.05, 0) is 35.5 Å². The largest absolute Gasteiger partial charge is 0.344 e. The minimum atomic E-state index is -0.0643. The molecular weight excluding hydrogens is 328 g/mol. The first-order chi connectivity index (χ1) is 10.6. The normalized spacial score (nSPS) is 11.8. The summed E-state index contributed by atoms with van der Waals surface area (Å²) in [6, 6.07) is 12.6. The van der Waals surface area contributed by atoms with Crippen molar-refractivity contribution in [3.63, 3.8) is 0 Å². The Bertz CT molecular complexity index is 582. The summed E-state index contributed by atoms with van der Waals surface area (Å²) in [5, 5.41) is 8.20. The lowest BCUT2D eigenvalue weighted by atomic mass is 9.98. The number of nitrogens with one attached hydrogen (secondary N) is 2. The fraction of sp³-hybridized carbons (Fsp3) is 0.389. The molecule has 3 nitrogen and oxygen atoms in total. The van der Waals surface area contributed by atoms with Gasteiger partial charge in [-0.2, -0.15) is 0 Å². The molecule has 0 saturated heterocycles. The van der Waals surface area contributed by atoms with Crippen molar-refractivity contribution in [2.24, 2.45) is 0 Å². The maximum absolute atomic E-state index is 12.1. The smallest absolute Gasteiger partial charge is 0.222 e. The fourth-order valence-electron chi connectivity index (χ4n) is 2.32. The lowest BCUT2D eigenvalue weighted by Crippen LogP contribution is -2.30.